The molecule has 0 radical (unpaired) electrons. The van der Waals surface area contributed by atoms with Gasteiger partial charge in [-0.1, -0.05) is 30.3 Å². The van der Waals surface area contributed by atoms with Crippen molar-refractivity contribution in [1.82, 2.24) is 5.32 Å². The van der Waals surface area contributed by atoms with Crippen LogP contribution in [0.5, 0.6) is 0 Å². The van der Waals surface area contributed by atoms with Gasteiger partial charge in [0, 0.05) is 38.0 Å². The Morgan fingerprint density at radius 3 is 2.31 bits per heavy atom. The van der Waals surface area contributed by atoms with Crippen molar-refractivity contribution in [1.29, 1.82) is 0 Å². The summed E-state index contributed by atoms with van der Waals surface area (Å²) < 4.78 is 23.3. The molecule has 1 aromatic heterocycles. The zero-order valence-electron chi connectivity index (χ0n) is 19.3. The molecule has 4 rings (SSSR count). The summed E-state index contributed by atoms with van der Waals surface area (Å²) in [6.45, 7) is 3.36. The van der Waals surface area contributed by atoms with Crippen LogP contribution in [0.1, 0.15) is 48.5 Å². The number of carbonyl (C=O) groups excluding carboxylic acids is 4. The lowest BCUT2D eigenvalue weighted by atomic mass is 9.95. The molecule has 1 aromatic carbocycles. The van der Waals surface area contributed by atoms with Gasteiger partial charge in [0.1, 0.15) is 18.3 Å². The lowest BCUT2D eigenvalue weighted by molar-refractivity contribution is -0.765. The highest BCUT2D eigenvalue weighted by molar-refractivity contribution is 5.99. The highest BCUT2D eigenvalue weighted by Crippen LogP contribution is 2.36. The first-order valence-corrected chi connectivity index (χ1v) is 10.9. The minimum atomic E-state index is -1.73. The molecule has 1 amide bonds. The molecule has 5 atom stereocenters. The van der Waals surface area contributed by atoms with Crippen LogP contribution in [0.15, 0.2) is 48.8 Å². The van der Waals surface area contributed by atoms with Crippen molar-refractivity contribution in [3.63, 3.8) is 0 Å². The molecule has 2 aliphatic heterocycles. The second kappa shape index (κ2) is 9.43. The molecular weight excluding hydrogens is 460 g/mol. The topological polar surface area (TPSA) is 141 Å². The molecule has 35 heavy (non-hydrogen) atoms. The van der Waals surface area contributed by atoms with Gasteiger partial charge < -0.3 is 29.4 Å². The SMILES string of the molecule is CC(=O)OC[C@H]1O[C@@H]([n+]2ccc3c(c2)C(=O)NC3(O)c2ccccc2)[C@H](OC(C)=O)[C@@H]1OC(C)=O. The monoisotopic (exact) mass is 485 g/mol. The van der Waals surface area contributed by atoms with E-state index in [2.05, 4.69) is 5.32 Å². The third kappa shape index (κ3) is 4.73. The number of esters is 3. The quantitative estimate of drug-likeness (QED) is 0.334. The highest BCUT2D eigenvalue weighted by atomic mass is 16.7. The number of nitrogens with one attached hydrogen (secondary N) is 1. The first kappa shape index (κ1) is 24.3. The number of aromatic nitrogens is 1. The number of benzene rings is 1. The first-order chi connectivity index (χ1) is 16.6. The zero-order valence-corrected chi connectivity index (χ0v) is 19.3. The predicted octanol–water partition coefficient (Wildman–Crippen LogP) is 0.235. The Bertz CT molecular complexity index is 1170. The molecule has 184 valence electrons. The van der Waals surface area contributed by atoms with Crippen LogP contribution >= 0.6 is 0 Å². The molecule has 2 aromatic rings. The van der Waals surface area contributed by atoms with Gasteiger partial charge in [0.15, 0.2) is 24.2 Å². The molecule has 3 heterocycles. The fourth-order valence-corrected chi connectivity index (χ4v) is 4.31. The van der Waals surface area contributed by atoms with Crippen molar-refractivity contribution in [2.24, 2.45) is 0 Å². The van der Waals surface area contributed by atoms with Gasteiger partial charge in [-0.05, 0) is 0 Å². The minimum absolute atomic E-state index is 0.177. The van der Waals surface area contributed by atoms with Gasteiger partial charge in [0.05, 0.1) is 0 Å². The van der Waals surface area contributed by atoms with Crippen LogP contribution in [0.2, 0.25) is 0 Å². The third-order valence-corrected chi connectivity index (χ3v) is 5.74. The minimum Gasteiger partial charge on any atom is -0.463 e. The molecule has 0 bridgehead atoms. The molecule has 11 nitrogen and oxygen atoms in total. The number of nitrogens with zero attached hydrogens (tertiary/aromatic N) is 1. The van der Waals surface area contributed by atoms with E-state index >= 15 is 0 Å². The van der Waals surface area contributed by atoms with Crippen LogP contribution in [0.4, 0.5) is 0 Å². The predicted molar refractivity (Wildman–Crippen MR) is 115 cm³/mol. The Balaban J connectivity index is 1.71. The maximum atomic E-state index is 12.8. The first-order valence-electron chi connectivity index (χ1n) is 10.9. The lowest BCUT2D eigenvalue weighted by Crippen LogP contribution is -2.48. The summed E-state index contributed by atoms with van der Waals surface area (Å²) in [6, 6.07) is 10.2. The van der Waals surface area contributed by atoms with Gasteiger partial charge in [-0.2, -0.15) is 4.57 Å². The van der Waals surface area contributed by atoms with Gasteiger partial charge >= 0.3 is 24.1 Å². The number of aliphatic hydroxyl groups is 1. The summed E-state index contributed by atoms with van der Waals surface area (Å²) in [6.07, 6.45) is -1.13. The fourth-order valence-electron chi connectivity index (χ4n) is 4.31. The van der Waals surface area contributed by atoms with E-state index < -0.39 is 54.1 Å². The summed E-state index contributed by atoms with van der Waals surface area (Å²) in [5.41, 5.74) is -0.732. The maximum Gasteiger partial charge on any atom is 0.304 e. The van der Waals surface area contributed by atoms with E-state index in [-0.39, 0.29) is 12.2 Å². The van der Waals surface area contributed by atoms with Crippen LogP contribution < -0.4 is 9.88 Å². The number of pyridine rings is 1. The van der Waals surface area contributed by atoms with Crippen molar-refractivity contribution < 1.29 is 47.8 Å². The maximum absolute atomic E-state index is 12.8. The molecule has 2 aliphatic rings. The van der Waals surface area contributed by atoms with Crippen LogP contribution in [0.25, 0.3) is 0 Å². The summed E-state index contributed by atoms with van der Waals surface area (Å²) >= 11 is 0. The Morgan fingerprint density at radius 2 is 1.69 bits per heavy atom. The second-order valence-electron chi connectivity index (χ2n) is 8.27. The number of fused-ring (bicyclic) bond motifs is 1. The number of hydrogen-bond donors (Lipinski definition) is 2. The summed E-state index contributed by atoms with van der Waals surface area (Å²) in [7, 11) is 0. The Morgan fingerprint density at radius 1 is 1.03 bits per heavy atom. The normalized spacial score (nSPS) is 27.0. The Hall–Kier alpha value is -3.83. The van der Waals surface area contributed by atoms with Gasteiger partial charge in [0.2, 0.25) is 6.10 Å². The van der Waals surface area contributed by atoms with Crippen LogP contribution in [0, 0.1) is 0 Å². The highest BCUT2D eigenvalue weighted by Gasteiger charge is 2.55. The number of amides is 1. The molecule has 1 saturated heterocycles. The van der Waals surface area contributed by atoms with Crippen molar-refractivity contribution in [3.8, 4) is 0 Å². The molecule has 2 N–H and O–H groups in total. The number of hydrogen-bond acceptors (Lipinski definition) is 9. The Labute approximate surface area is 200 Å². The van der Waals surface area contributed by atoms with E-state index in [4.69, 9.17) is 18.9 Å². The van der Waals surface area contributed by atoms with Gasteiger partial charge in [-0.3, -0.25) is 19.2 Å². The largest absolute Gasteiger partial charge is 0.463 e. The summed E-state index contributed by atoms with van der Waals surface area (Å²) in [5, 5.41) is 13.9. The molecule has 11 heteroatoms. The third-order valence-electron chi connectivity index (χ3n) is 5.74. The number of carbonyl (C=O) groups is 4. The average molecular weight is 485 g/mol. The van der Waals surface area contributed by atoms with E-state index in [0.29, 0.717) is 11.1 Å². The van der Waals surface area contributed by atoms with Crippen LogP contribution in [-0.4, -0.2) is 53.8 Å². The van der Waals surface area contributed by atoms with Crippen molar-refractivity contribution in [2.75, 3.05) is 6.61 Å². The number of ether oxygens (including phenoxy) is 4. The van der Waals surface area contributed by atoms with Crippen LogP contribution in [0.3, 0.4) is 0 Å². The fraction of sp³-hybridized carbons (Fsp3) is 0.375. The number of rotatable bonds is 6. The van der Waals surface area contributed by atoms with Crippen LogP contribution in [-0.2, 0) is 39.1 Å². The molecule has 0 aliphatic carbocycles. The summed E-state index contributed by atoms with van der Waals surface area (Å²) in [4.78, 5) is 47.7. The van der Waals surface area contributed by atoms with Gasteiger partial charge in [-0.15, -0.1) is 0 Å². The standard InChI is InChI=1S/C24H24N2O9/c1-13(27)32-12-19-20(33-14(2)28)21(34-15(3)29)23(35-19)26-10-9-18-17(11-26)22(30)25-24(18,31)16-7-5-4-6-8-16/h4-11,19-21,23,31H,12H2,1-3H3/p+1/t19-,20-,21-,23-,24?/m1/s1. The second-order valence-corrected chi connectivity index (χ2v) is 8.27. The zero-order chi connectivity index (χ0) is 25.3. The van der Waals surface area contributed by atoms with Crippen molar-refractivity contribution in [2.45, 2.75) is 51.0 Å². The molecule has 1 fully saturated rings. The molecule has 0 spiro atoms. The Kier molecular flexibility index (Phi) is 6.55. The van der Waals surface area contributed by atoms with Gasteiger partial charge in [0.25, 0.3) is 5.91 Å². The van der Waals surface area contributed by atoms with Crippen molar-refractivity contribution in [3.05, 3.63) is 65.5 Å². The summed E-state index contributed by atoms with van der Waals surface area (Å²) in [5.74, 6) is -2.37. The molecular formula is C24H25N2O9+. The smallest absolute Gasteiger partial charge is 0.304 e. The molecule has 0 saturated carbocycles. The van der Waals surface area contributed by atoms with E-state index in [0.717, 1.165) is 0 Å². The average Bonchev–Trinajstić information content (AvgIpc) is 3.26. The van der Waals surface area contributed by atoms with Gasteiger partial charge in [-0.25, -0.2) is 0 Å². The van der Waals surface area contributed by atoms with E-state index in [1.807, 2.05) is 0 Å². The van der Waals surface area contributed by atoms with E-state index in [9.17, 15) is 24.3 Å². The lowest BCUT2D eigenvalue weighted by Gasteiger charge is -2.24. The molecule has 1 unspecified atom stereocenters. The van der Waals surface area contributed by atoms with E-state index in [1.165, 1.54) is 31.5 Å². The van der Waals surface area contributed by atoms with Crippen molar-refractivity contribution >= 4 is 23.8 Å². The van der Waals surface area contributed by atoms with E-state index in [1.54, 1.807) is 42.6 Å².